The number of hydrogen-bond donors (Lipinski definition) is 1. The van der Waals surface area contributed by atoms with E-state index in [4.69, 9.17) is 5.73 Å². The Morgan fingerprint density at radius 2 is 1.92 bits per heavy atom. The summed E-state index contributed by atoms with van der Waals surface area (Å²) < 4.78 is 13.3. The Balaban J connectivity index is 0.00000156. The third kappa shape index (κ3) is 6.10. The van der Waals surface area contributed by atoms with Crippen molar-refractivity contribution in [2.75, 3.05) is 26.2 Å². The molecule has 0 aromatic heterocycles. The van der Waals surface area contributed by atoms with Gasteiger partial charge >= 0.3 is 0 Å². The highest BCUT2D eigenvalue weighted by molar-refractivity contribution is 5.85. The van der Waals surface area contributed by atoms with Crippen LogP contribution in [0.25, 0.3) is 0 Å². The monoisotopic (exact) mass is 391 g/mol. The van der Waals surface area contributed by atoms with Crippen molar-refractivity contribution in [2.24, 2.45) is 11.7 Å². The highest BCUT2D eigenvalue weighted by Gasteiger charge is 2.31. The zero-order valence-corrected chi connectivity index (χ0v) is 16.0. The summed E-state index contributed by atoms with van der Waals surface area (Å²) in [6.07, 6.45) is 3.99. The van der Waals surface area contributed by atoms with Crippen LogP contribution in [0.3, 0.4) is 0 Å². The smallest absolute Gasteiger partial charge is 0.227 e. The minimum Gasteiger partial charge on any atom is -0.341 e. The lowest BCUT2D eigenvalue weighted by Gasteiger charge is -2.37. The molecule has 2 heterocycles. The minimum absolute atomic E-state index is 0. The first-order valence-electron chi connectivity index (χ1n) is 8.63. The molecule has 4 nitrogen and oxygen atoms in total. The molecule has 0 aliphatic carbocycles. The topological polar surface area (TPSA) is 49.6 Å². The van der Waals surface area contributed by atoms with E-state index in [1.807, 2.05) is 11.0 Å². The van der Waals surface area contributed by atoms with Crippen LogP contribution in [0.4, 0.5) is 4.39 Å². The first-order valence-corrected chi connectivity index (χ1v) is 8.63. The summed E-state index contributed by atoms with van der Waals surface area (Å²) in [4.78, 5) is 17.0. The average molecular weight is 392 g/mol. The van der Waals surface area contributed by atoms with Crippen molar-refractivity contribution >= 4 is 30.7 Å². The summed E-state index contributed by atoms with van der Waals surface area (Å²) in [6, 6.07) is 6.85. The number of hydrogen-bond acceptors (Lipinski definition) is 3. The Hall–Kier alpha value is -0.880. The molecule has 0 saturated carbocycles. The maximum atomic E-state index is 13.3. The summed E-state index contributed by atoms with van der Waals surface area (Å²) in [5.41, 5.74) is 6.97. The number of benzene rings is 1. The Bertz CT molecular complexity index is 561. The van der Waals surface area contributed by atoms with E-state index in [2.05, 4.69) is 4.90 Å². The molecule has 0 radical (unpaired) electrons. The van der Waals surface area contributed by atoms with Crippen molar-refractivity contribution < 1.29 is 9.18 Å². The fourth-order valence-corrected chi connectivity index (χ4v) is 3.76. The molecule has 1 amide bonds. The van der Waals surface area contributed by atoms with E-state index in [1.54, 1.807) is 12.1 Å². The molecular weight excluding hydrogens is 364 g/mol. The fraction of sp³-hybridized carbons (Fsp3) is 0.611. The second-order valence-corrected chi connectivity index (χ2v) is 6.89. The van der Waals surface area contributed by atoms with Gasteiger partial charge in [-0.15, -0.1) is 24.8 Å². The van der Waals surface area contributed by atoms with Crippen LogP contribution in [-0.4, -0.2) is 47.9 Å². The summed E-state index contributed by atoms with van der Waals surface area (Å²) in [7, 11) is 0. The van der Waals surface area contributed by atoms with E-state index >= 15 is 0 Å². The van der Waals surface area contributed by atoms with Crippen LogP contribution in [0.1, 0.15) is 31.2 Å². The van der Waals surface area contributed by atoms with E-state index < -0.39 is 0 Å². The van der Waals surface area contributed by atoms with Crippen molar-refractivity contribution in [2.45, 2.75) is 38.3 Å². The normalized spacial score (nSPS) is 24.2. The van der Waals surface area contributed by atoms with Crippen molar-refractivity contribution in [3.05, 3.63) is 35.6 Å². The predicted octanol–water partition coefficient (Wildman–Crippen LogP) is 2.83. The first kappa shape index (κ1) is 22.2. The van der Waals surface area contributed by atoms with E-state index in [-0.39, 0.29) is 48.5 Å². The summed E-state index contributed by atoms with van der Waals surface area (Å²) in [5.74, 6) is 0.112. The second kappa shape index (κ2) is 10.3. The van der Waals surface area contributed by atoms with Crippen LogP contribution in [0.5, 0.6) is 0 Å². The van der Waals surface area contributed by atoms with Gasteiger partial charge in [-0.2, -0.15) is 0 Å². The number of nitrogens with zero attached hydrogens (tertiary/aromatic N) is 2. The molecule has 142 valence electrons. The van der Waals surface area contributed by atoms with Gasteiger partial charge in [0, 0.05) is 32.2 Å². The van der Waals surface area contributed by atoms with E-state index in [0.29, 0.717) is 13.1 Å². The number of carbonyl (C=O) groups is 1. The molecule has 2 unspecified atom stereocenters. The lowest BCUT2D eigenvalue weighted by molar-refractivity contribution is -0.138. The van der Waals surface area contributed by atoms with Crippen molar-refractivity contribution in [3.8, 4) is 0 Å². The van der Waals surface area contributed by atoms with E-state index in [0.717, 1.165) is 50.9 Å². The van der Waals surface area contributed by atoms with Gasteiger partial charge < -0.3 is 10.6 Å². The molecule has 0 bridgehead atoms. The van der Waals surface area contributed by atoms with Gasteiger partial charge in [0.15, 0.2) is 0 Å². The van der Waals surface area contributed by atoms with Gasteiger partial charge in [-0.3, -0.25) is 9.69 Å². The molecule has 25 heavy (non-hydrogen) atoms. The molecule has 2 N–H and O–H groups in total. The van der Waals surface area contributed by atoms with Gasteiger partial charge in [0.25, 0.3) is 0 Å². The molecule has 0 spiro atoms. The first-order chi connectivity index (χ1) is 11.1. The fourth-order valence-electron chi connectivity index (χ4n) is 3.76. The number of likely N-dealkylation sites (tertiary alicyclic amines) is 2. The Labute approximate surface area is 161 Å². The van der Waals surface area contributed by atoms with Crippen molar-refractivity contribution in [1.82, 2.24) is 9.80 Å². The standard InChI is InChI=1S/C18H26FN3O.2ClH/c19-16-6-1-4-14(10-16)11-21-8-2-5-15(12-21)18(23)22-9-3-7-17(20)13-22;;/h1,4,6,10,15,17H,2-3,5,7-9,11-13,20H2;2*1H. The van der Waals surface area contributed by atoms with E-state index in [9.17, 15) is 9.18 Å². The SMILES string of the molecule is Cl.Cl.NC1CCCN(C(=O)C2CCCN(Cc3cccc(F)c3)C2)C1. The number of rotatable bonds is 3. The lowest BCUT2D eigenvalue weighted by Crippen LogP contribution is -2.50. The third-order valence-electron chi connectivity index (χ3n) is 4.92. The quantitative estimate of drug-likeness (QED) is 0.861. The maximum Gasteiger partial charge on any atom is 0.227 e. The zero-order valence-electron chi connectivity index (χ0n) is 14.4. The highest BCUT2D eigenvalue weighted by Crippen LogP contribution is 2.22. The molecular formula is C18H28Cl2FN3O. The summed E-state index contributed by atoms with van der Waals surface area (Å²) in [5, 5.41) is 0. The Morgan fingerprint density at radius 1 is 1.16 bits per heavy atom. The van der Waals surface area contributed by atoms with Crippen LogP contribution in [0, 0.1) is 11.7 Å². The molecule has 1 aromatic rings. The molecule has 3 rings (SSSR count). The van der Waals surface area contributed by atoms with Gasteiger partial charge in [0.1, 0.15) is 5.82 Å². The summed E-state index contributed by atoms with van der Waals surface area (Å²) >= 11 is 0. The van der Waals surface area contributed by atoms with Crippen LogP contribution in [-0.2, 0) is 11.3 Å². The van der Waals surface area contributed by atoms with E-state index in [1.165, 1.54) is 6.07 Å². The minimum atomic E-state index is -0.200. The zero-order chi connectivity index (χ0) is 16.2. The second-order valence-electron chi connectivity index (χ2n) is 6.89. The van der Waals surface area contributed by atoms with Gasteiger partial charge in [-0.25, -0.2) is 4.39 Å². The van der Waals surface area contributed by atoms with Gasteiger partial charge in [0.2, 0.25) is 5.91 Å². The van der Waals surface area contributed by atoms with Crippen LogP contribution < -0.4 is 5.73 Å². The predicted molar refractivity (Wildman–Crippen MR) is 103 cm³/mol. The molecule has 2 aliphatic rings. The van der Waals surface area contributed by atoms with Crippen LogP contribution in [0.15, 0.2) is 24.3 Å². The Morgan fingerprint density at radius 3 is 2.64 bits per heavy atom. The molecule has 2 aliphatic heterocycles. The van der Waals surface area contributed by atoms with Crippen LogP contribution in [0.2, 0.25) is 0 Å². The molecule has 7 heteroatoms. The molecule has 1 aromatic carbocycles. The Kier molecular flexibility index (Phi) is 9.14. The lowest BCUT2D eigenvalue weighted by atomic mass is 9.94. The average Bonchev–Trinajstić information content (AvgIpc) is 2.54. The number of amides is 1. The third-order valence-corrected chi connectivity index (χ3v) is 4.92. The number of nitrogens with two attached hydrogens (primary N) is 1. The van der Waals surface area contributed by atoms with Gasteiger partial charge in [0.05, 0.1) is 5.92 Å². The maximum absolute atomic E-state index is 13.3. The number of halogens is 3. The number of piperidine rings is 2. The van der Waals surface area contributed by atoms with Crippen LogP contribution >= 0.6 is 24.8 Å². The number of carbonyl (C=O) groups excluding carboxylic acids is 1. The summed E-state index contributed by atoms with van der Waals surface area (Å²) in [6.45, 7) is 3.98. The van der Waals surface area contributed by atoms with Gasteiger partial charge in [-0.05, 0) is 49.9 Å². The largest absolute Gasteiger partial charge is 0.341 e. The van der Waals surface area contributed by atoms with Gasteiger partial charge in [-0.1, -0.05) is 12.1 Å². The molecule has 2 saturated heterocycles. The highest BCUT2D eigenvalue weighted by atomic mass is 35.5. The van der Waals surface area contributed by atoms with Crippen molar-refractivity contribution in [3.63, 3.8) is 0 Å². The van der Waals surface area contributed by atoms with Crippen molar-refractivity contribution in [1.29, 1.82) is 0 Å². The molecule has 2 fully saturated rings. The molecule has 2 atom stereocenters.